The van der Waals surface area contributed by atoms with Gasteiger partial charge in [-0.1, -0.05) is 0 Å². The van der Waals surface area contributed by atoms with E-state index in [1.54, 1.807) is 0 Å². The van der Waals surface area contributed by atoms with Crippen molar-refractivity contribution in [2.24, 2.45) is 10.8 Å². The topological polar surface area (TPSA) is 0 Å². The summed E-state index contributed by atoms with van der Waals surface area (Å²) in [7, 11) is 0. The average molecular weight is 93.1 g/mol. The highest BCUT2D eigenvalue weighted by molar-refractivity contribution is 5.34. The Morgan fingerprint density at radius 2 is 1.29 bits per heavy atom. The van der Waals surface area contributed by atoms with Crippen LogP contribution in [0.3, 0.4) is 0 Å². The lowest BCUT2D eigenvalue weighted by atomic mass is 10.0. The summed E-state index contributed by atoms with van der Waals surface area (Å²) in [6.45, 7) is 15.0. The molecule has 1 radical (unpaired) electrons. The Balaban J connectivity index is 2.59. The predicted octanol–water partition coefficient (Wildman–Crippen LogP) is 1.51. The summed E-state index contributed by atoms with van der Waals surface area (Å²) in [5, 5.41) is 0. The van der Waals surface area contributed by atoms with Crippen LogP contribution in [0.25, 0.3) is 0 Å². The normalized spacial score (nSPS) is 59.7. The van der Waals surface area contributed by atoms with Crippen LogP contribution in [-0.2, 0) is 0 Å². The Morgan fingerprint density at radius 1 is 1.14 bits per heavy atom. The van der Waals surface area contributed by atoms with Gasteiger partial charge in [0.05, 0.1) is 0 Å². The van der Waals surface area contributed by atoms with Crippen LogP contribution < -0.4 is 0 Å². The molecule has 7 heavy (non-hydrogen) atoms. The molecule has 1 fully saturated rings. The summed E-state index contributed by atoms with van der Waals surface area (Å²) in [6, 6.07) is 0. The number of rotatable bonds is 0. The molecule has 0 spiro atoms. The van der Waals surface area contributed by atoms with Gasteiger partial charge in [-0.2, -0.15) is 0 Å². The van der Waals surface area contributed by atoms with E-state index in [1.165, 1.54) is 0 Å². The summed E-state index contributed by atoms with van der Waals surface area (Å²) >= 11 is 0. The molecule has 0 aromatic carbocycles. The van der Waals surface area contributed by atoms with E-state index in [-0.39, 0.29) is 10.8 Å². The Labute approximate surface area is 45.9 Å². The maximum absolute atomic E-state index is 3.74. The number of hydrogen-bond donors (Lipinski definition) is 0. The van der Waals surface area contributed by atoms with Crippen LogP contribution in [0.1, 0.15) is 0 Å². The van der Waals surface area contributed by atoms with E-state index in [0.29, 0.717) is 0 Å². The molecular formula is C7H9. The molecule has 0 aliphatic heterocycles. The zero-order chi connectivity index (χ0) is 5.71. The second-order valence-electron chi connectivity index (χ2n) is 2.46. The molecule has 1 aliphatic rings. The molecule has 0 amide bonds. The molecule has 1 rings (SSSR count). The quantitative estimate of drug-likeness (QED) is 0.398. The van der Waals surface area contributed by atoms with Gasteiger partial charge in [0.1, 0.15) is 0 Å². The first-order chi connectivity index (χ1) is 2.96. The van der Waals surface area contributed by atoms with E-state index >= 15 is 0 Å². The third kappa shape index (κ3) is 0.495. The van der Waals surface area contributed by atoms with E-state index < -0.39 is 0 Å². The molecule has 1 saturated carbocycles. The van der Waals surface area contributed by atoms with Gasteiger partial charge in [0.25, 0.3) is 0 Å². The average Bonchev–Trinajstić information content (AvgIpc) is 1.63. The molecule has 0 atom stereocenters. The SMILES string of the molecule is [CH2+]C1([CH2-])[CH]C1([CH2+])[CH2-]. The van der Waals surface area contributed by atoms with Gasteiger partial charge in [0, 0.05) is 31.1 Å². The fourth-order valence-electron chi connectivity index (χ4n) is 0.493. The molecule has 0 saturated heterocycles. The Hall–Kier alpha value is -0.260. The first-order valence-electron chi connectivity index (χ1n) is 2.24. The van der Waals surface area contributed by atoms with Gasteiger partial charge in [-0.3, -0.25) is 13.8 Å². The van der Waals surface area contributed by atoms with Crippen molar-refractivity contribution in [3.8, 4) is 0 Å². The maximum atomic E-state index is 3.74. The third-order valence-corrected chi connectivity index (χ3v) is 1.46. The molecule has 0 nitrogen and oxygen atoms in total. The molecule has 37 valence electrons. The molecule has 0 aromatic heterocycles. The van der Waals surface area contributed by atoms with Gasteiger partial charge >= 0.3 is 0 Å². The highest BCUT2D eigenvalue weighted by Gasteiger charge is 2.55. The summed E-state index contributed by atoms with van der Waals surface area (Å²) in [4.78, 5) is 0. The molecule has 1 aliphatic carbocycles. The van der Waals surface area contributed by atoms with Crippen molar-refractivity contribution in [1.82, 2.24) is 0 Å². The lowest BCUT2D eigenvalue weighted by molar-refractivity contribution is 0.660. The molecule has 0 heterocycles. The molecule has 0 heteroatoms. The van der Waals surface area contributed by atoms with Crippen LogP contribution in [0.15, 0.2) is 0 Å². The second kappa shape index (κ2) is 0.795. The van der Waals surface area contributed by atoms with Crippen LogP contribution in [0, 0.1) is 44.9 Å². The van der Waals surface area contributed by atoms with Crippen LogP contribution >= 0.6 is 0 Å². The fraction of sp³-hybridized carbons (Fsp3) is 0.286. The van der Waals surface area contributed by atoms with Crippen LogP contribution in [-0.4, -0.2) is 0 Å². The molecular weight excluding hydrogens is 84.1 g/mol. The van der Waals surface area contributed by atoms with E-state index in [0.717, 1.165) is 0 Å². The van der Waals surface area contributed by atoms with Crippen molar-refractivity contribution >= 4 is 0 Å². The smallest absolute Gasteiger partial charge is 0.0387 e. The van der Waals surface area contributed by atoms with Crippen LogP contribution in [0.5, 0.6) is 0 Å². The van der Waals surface area contributed by atoms with E-state index in [4.69, 9.17) is 0 Å². The van der Waals surface area contributed by atoms with Crippen molar-refractivity contribution in [3.63, 3.8) is 0 Å². The minimum atomic E-state index is -0.201. The van der Waals surface area contributed by atoms with Gasteiger partial charge in [-0.15, -0.1) is 0 Å². The van der Waals surface area contributed by atoms with E-state index in [2.05, 4.69) is 27.7 Å². The van der Waals surface area contributed by atoms with E-state index in [1.807, 2.05) is 6.42 Å². The largest absolute Gasteiger partial charge is 0.291 e. The predicted molar refractivity (Wildman–Crippen MR) is 30.6 cm³/mol. The Bertz CT molecular complexity index is 76.2. The molecule has 0 bridgehead atoms. The lowest BCUT2D eigenvalue weighted by Crippen LogP contribution is -1.97. The Morgan fingerprint density at radius 3 is 1.29 bits per heavy atom. The van der Waals surface area contributed by atoms with Crippen molar-refractivity contribution in [2.75, 3.05) is 0 Å². The van der Waals surface area contributed by atoms with Gasteiger partial charge in [-0.05, 0) is 0 Å². The molecule has 0 aromatic rings. The van der Waals surface area contributed by atoms with Crippen molar-refractivity contribution in [1.29, 1.82) is 0 Å². The van der Waals surface area contributed by atoms with Crippen molar-refractivity contribution in [3.05, 3.63) is 34.1 Å². The van der Waals surface area contributed by atoms with Gasteiger partial charge < -0.3 is 0 Å². The van der Waals surface area contributed by atoms with Crippen LogP contribution in [0.4, 0.5) is 0 Å². The number of hydrogen-bond acceptors (Lipinski definition) is 0. The highest BCUT2D eigenvalue weighted by atomic mass is 14.6. The first-order valence-corrected chi connectivity index (χ1v) is 2.24. The molecule has 0 N–H and O–H groups in total. The first kappa shape index (κ1) is 4.89. The van der Waals surface area contributed by atoms with Crippen molar-refractivity contribution in [2.45, 2.75) is 0 Å². The minimum absolute atomic E-state index is 0.201. The van der Waals surface area contributed by atoms with E-state index in [9.17, 15) is 0 Å². The van der Waals surface area contributed by atoms with Crippen LogP contribution in [0.2, 0.25) is 0 Å². The Kier molecular flexibility index (Phi) is 0.555. The summed E-state index contributed by atoms with van der Waals surface area (Å²) < 4.78 is 0. The fourth-order valence-corrected chi connectivity index (χ4v) is 0.493. The maximum Gasteiger partial charge on any atom is 0.0387 e. The second-order valence-corrected chi connectivity index (χ2v) is 2.46. The summed E-state index contributed by atoms with van der Waals surface area (Å²) in [5.41, 5.74) is -0.403. The summed E-state index contributed by atoms with van der Waals surface area (Å²) in [5.74, 6) is 0. The van der Waals surface area contributed by atoms with Crippen molar-refractivity contribution < 1.29 is 0 Å². The highest BCUT2D eigenvalue weighted by Crippen LogP contribution is 2.60. The van der Waals surface area contributed by atoms with Gasteiger partial charge in [0.15, 0.2) is 0 Å². The molecule has 0 unspecified atom stereocenters. The minimum Gasteiger partial charge on any atom is -0.291 e. The summed E-state index contributed by atoms with van der Waals surface area (Å²) in [6.07, 6.45) is 1.93. The third-order valence-electron chi connectivity index (χ3n) is 1.46. The standard InChI is InChI=1S/C7H9/c1-6(2)5-7(6,3)4/h5H,1-4H2. The zero-order valence-corrected chi connectivity index (χ0v) is 4.41. The van der Waals surface area contributed by atoms with Gasteiger partial charge in [0.2, 0.25) is 0 Å². The monoisotopic (exact) mass is 93.1 g/mol. The zero-order valence-electron chi connectivity index (χ0n) is 4.41. The lowest BCUT2D eigenvalue weighted by Gasteiger charge is -2.04. The van der Waals surface area contributed by atoms with Gasteiger partial charge in [-0.25, -0.2) is 0 Å².